The third-order valence-corrected chi connectivity index (χ3v) is 6.83. The van der Waals surface area contributed by atoms with Gasteiger partial charge < -0.3 is 5.11 Å². The van der Waals surface area contributed by atoms with Gasteiger partial charge in [-0.3, -0.25) is 9.69 Å². The second kappa shape index (κ2) is 7.63. The zero-order valence-electron chi connectivity index (χ0n) is 14.8. The molecule has 0 aromatic heterocycles. The summed E-state index contributed by atoms with van der Waals surface area (Å²) in [6, 6.07) is 19.0. The first kappa shape index (κ1) is 18.0. The highest BCUT2D eigenvalue weighted by atomic mass is 32.2. The predicted octanol–water partition coefficient (Wildman–Crippen LogP) is 4.36. The van der Waals surface area contributed by atoms with Gasteiger partial charge in [0.25, 0.3) is 0 Å². The molecule has 0 radical (unpaired) electrons. The van der Waals surface area contributed by atoms with Crippen molar-refractivity contribution in [2.45, 2.75) is 36.3 Å². The van der Waals surface area contributed by atoms with Crippen LogP contribution in [0.15, 0.2) is 54.6 Å². The van der Waals surface area contributed by atoms with Crippen molar-refractivity contribution in [2.75, 3.05) is 13.6 Å². The number of likely N-dealkylation sites (N-methyl/N-ethyl adjacent to an activating group) is 1. The van der Waals surface area contributed by atoms with Crippen LogP contribution in [-0.4, -0.2) is 35.6 Å². The Balaban J connectivity index is 1.82. The highest BCUT2D eigenvalue weighted by Gasteiger charge is 2.40. The topological polar surface area (TPSA) is 40.5 Å². The summed E-state index contributed by atoms with van der Waals surface area (Å²) >= 11 is 2.00. The monoisotopic (exact) mass is 355 g/mol. The Morgan fingerprint density at radius 2 is 1.88 bits per heavy atom. The van der Waals surface area contributed by atoms with Crippen molar-refractivity contribution in [1.82, 2.24) is 4.90 Å². The van der Waals surface area contributed by atoms with Crippen molar-refractivity contribution in [2.24, 2.45) is 0 Å². The normalized spacial score (nSPS) is 20.4. The number of thioether (sulfide) groups is 1. The van der Waals surface area contributed by atoms with Crippen LogP contribution < -0.4 is 0 Å². The van der Waals surface area contributed by atoms with Crippen molar-refractivity contribution in [1.29, 1.82) is 0 Å². The van der Waals surface area contributed by atoms with Gasteiger partial charge in [-0.25, -0.2) is 0 Å². The first-order valence-electron chi connectivity index (χ1n) is 8.75. The summed E-state index contributed by atoms with van der Waals surface area (Å²) in [7, 11) is 1.89. The average Bonchev–Trinajstić information content (AvgIpc) is 3.02. The molecule has 0 bridgehead atoms. The fourth-order valence-electron chi connectivity index (χ4n) is 3.58. The number of carboxylic acids is 1. The van der Waals surface area contributed by atoms with E-state index in [0.717, 1.165) is 25.1 Å². The second-order valence-electron chi connectivity index (χ2n) is 6.74. The Morgan fingerprint density at radius 3 is 2.60 bits per heavy atom. The van der Waals surface area contributed by atoms with E-state index in [0.29, 0.717) is 0 Å². The van der Waals surface area contributed by atoms with E-state index in [1.807, 2.05) is 23.7 Å². The maximum atomic E-state index is 11.2. The number of benzene rings is 2. The van der Waals surface area contributed by atoms with Crippen molar-refractivity contribution >= 4 is 17.7 Å². The Morgan fingerprint density at radius 1 is 1.20 bits per heavy atom. The highest BCUT2D eigenvalue weighted by molar-refractivity contribution is 8.00. The molecule has 0 saturated heterocycles. The molecule has 4 heteroatoms. The minimum absolute atomic E-state index is 0.0227. The molecule has 25 heavy (non-hydrogen) atoms. The lowest BCUT2D eigenvalue weighted by Gasteiger charge is -2.32. The molecule has 1 aliphatic rings. The molecule has 0 amide bonds. The van der Waals surface area contributed by atoms with E-state index in [9.17, 15) is 9.90 Å². The van der Waals surface area contributed by atoms with E-state index >= 15 is 0 Å². The molecule has 1 heterocycles. The lowest BCUT2D eigenvalue weighted by molar-refractivity contribution is -0.142. The molecular formula is C21H25NO2S. The van der Waals surface area contributed by atoms with Crippen LogP contribution >= 0.6 is 11.8 Å². The van der Waals surface area contributed by atoms with Gasteiger partial charge in [-0.2, -0.15) is 0 Å². The molecule has 1 unspecified atom stereocenters. The van der Waals surface area contributed by atoms with Gasteiger partial charge in [0.2, 0.25) is 0 Å². The van der Waals surface area contributed by atoms with E-state index in [1.54, 1.807) is 6.92 Å². The quantitative estimate of drug-likeness (QED) is 0.801. The van der Waals surface area contributed by atoms with Crippen LogP contribution in [-0.2, 0) is 15.3 Å². The van der Waals surface area contributed by atoms with Crippen LogP contribution in [0.1, 0.15) is 36.5 Å². The van der Waals surface area contributed by atoms with Crippen LogP contribution in [0.3, 0.4) is 0 Å². The first-order valence-corrected chi connectivity index (χ1v) is 9.74. The van der Waals surface area contributed by atoms with Gasteiger partial charge >= 0.3 is 5.97 Å². The van der Waals surface area contributed by atoms with Crippen molar-refractivity contribution in [3.05, 3.63) is 71.3 Å². The largest absolute Gasteiger partial charge is 0.480 e. The molecule has 2 atom stereocenters. The summed E-state index contributed by atoms with van der Waals surface area (Å²) in [6.45, 7) is 2.53. The highest BCUT2D eigenvalue weighted by Crippen LogP contribution is 2.54. The maximum absolute atomic E-state index is 11.2. The molecule has 2 aromatic carbocycles. The molecule has 1 N–H and O–H groups in total. The summed E-state index contributed by atoms with van der Waals surface area (Å²) in [5, 5.41) is 9.18. The average molecular weight is 356 g/mol. The number of hydrogen-bond donors (Lipinski definition) is 1. The molecule has 3 nitrogen and oxygen atoms in total. The molecule has 2 aromatic rings. The van der Waals surface area contributed by atoms with Crippen LogP contribution in [0.25, 0.3) is 0 Å². The fourth-order valence-corrected chi connectivity index (χ4v) is 5.18. The van der Waals surface area contributed by atoms with E-state index in [-0.39, 0.29) is 4.75 Å². The van der Waals surface area contributed by atoms with Gasteiger partial charge in [0.05, 0.1) is 4.75 Å². The molecule has 3 rings (SSSR count). The van der Waals surface area contributed by atoms with Gasteiger partial charge in [0.1, 0.15) is 6.04 Å². The van der Waals surface area contributed by atoms with Gasteiger partial charge in [-0.15, -0.1) is 11.8 Å². The lowest BCUT2D eigenvalue weighted by atomic mass is 9.84. The SMILES string of the molecule is C[C@@H](C(=O)O)N(C)CCCC1(c2ccccc2)SCc2ccccc21. The minimum atomic E-state index is -0.763. The first-order chi connectivity index (χ1) is 12.0. The third-order valence-electron chi connectivity index (χ3n) is 5.22. The van der Waals surface area contributed by atoms with Crippen LogP contribution in [0.5, 0.6) is 0 Å². The number of aliphatic carboxylic acids is 1. The molecule has 0 aliphatic carbocycles. The Hall–Kier alpha value is -1.78. The van der Waals surface area contributed by atoms with Gasteiger partial charge in [-0.1, -0.05) is 54.6 Å². The van der Waals surface area contributed by atoms with Gasteiger partial charge in [-0.05, 0) is 50.0 Å². The number of nitrogens with zero attached hydrogens (tertiary/aromatic N) is 1. The maximum Gasteiger partial charge on any atom is 0.320 e. The van der Waals surface area contributed by atoms with Crippen LogP contribution in [0.2, 0.25) is 0 Å². The van der Waals surface area contributed by atoms with Crippen LogP contribution in [0, 0.1) is 0 Å². The lowest BCUT2D eigenvalue weighted by Crippen LogP contribution is -2.37. The summed E-state index contributed by atoms with van der Waals surface area (Å²) in [5.74, 6) is 0.271. The molecule has 132 valence electrons. The van der Waals surface area contributed by atoms with Crippen LogP contribution in [0.4, 0.5) is 0 Å². The summed E-state index contributed by atoms with van der Waals surface area (Å²) < 4.78 is -0.0227. The number of rotatable bonds is 7. The smallest absolute Gasteiger partial charge is 0.320 e. The predicted molar refractivity (Wildman–Crippen MR) is 104 cm³/mol. The summed E-state index contributed by atoms with van der Waals surface area (Å²) in [4.78, 5) is 13.1. The summed E-state index contributed by atoms with van der Waals surface area (Å²) in [6.07, 6.45) is 1.97. The van der Waals surface area contributed by atoms with Gasteiger partial charge in [0, 0.05) is 5.75 Å². The third kappa shape index (κ3) is 3.60. The second-order valence-corrected chi connectivity index (χ2v) is 8.01. The Bertz CT molecular complexity index is 734. The van der Waals surface area contributed by atoms with Crippen molar-refractivity contribution in [3.63, 3.8) is 0 Å². The molecule has 0 spiro atoms. The van der Waals surface area contributed by atoms with E-state index in [4.69, 9.17) is 0 Å². The zero-order chi connectivity index (χ0) is 17.9. The Kier molecular flexibility index (Phi) is 5.50. The van der Waals surface area contributed by atoms with Crippen molar-refractivity contribution < 1.29 is 9.90 Å². The number of carboxylic acid groups (broad SMARTS) is 1. The molecule has 0 saturated carbocycles. The summed E-state index contributed by atoms with van der Waals surface area (Å²) in [5.41, 5.74) is 4.18. The van der Waals surface area contributed by atoms with Gasteiger partial charge in [0.15, 0.2) is 0 Å². The van der Waals surface area contributed by atoms with E-state index in [2.05, 4.69) is 54.6 Å². The number of hydrogen-bond acceptors (Lipinski definition) is 3. The fraction of sp³-hybridized carbons (Fsp3) is 0.381. The zero-order valence-corrected chi connectivity index (χ0v) is 15.6. The molecular weight excluding hydrogens is 330 g/mol. The van der Waals surface area contributed by atoms with E-state index in [1.165, 1.54) is 16.7 Å². The molecule has 0 fully saturated rings. The number of fused-ring (bicyclic) bond motifs is 1. The van der Waals surface area contributed by atoms with E-state index < -0.39 is 12.0 Å². The minimum Gasteiger partial charge on any atom is -0.480 e. The standard InChI is InChI=1S/C21H25NO2S/c1-16(20(23)24)22(2)14-8-13-21(18-10-4-3-5-11-18)19-12-7-6-9-17(19)15-25-21/h3-7,9-12,16H,8,13-15H2,1-2H3,(H,23,24)/t16-,21?/m0/s1. The number of carbonyl (C=O) groups is 1. The van der Waals surface area contributed by atoms with Crippen molar-refractivity contribution in [3.8, 4) is 0 Å². The Labute approximate surface area is 154 Å². The molecule has 1 aliphatic heterocycles.